The number of thiol groups is 1. The van der Waals surface area contributed by atoms with Gasteiger partial charge in [-0.05, 0) is 38.5 Å². The van der Waals surface area contributed by atoms with Crippen LogP contribution < -0.4 is 0 Å². The molecule has 94 valence electrons. The van der Waals surface area contributed by atoms with Crippen molar-refractivity contribution >= 4 is 18.5 Å². The minimum absolute atomic E-state index is 0.0746. The maximum Gasteiger partial charge on any atom is 0.254 e. The number of benzene rings is 1. The SMILES string of the molecule is Cc1ccc(S)cc1C(=O)N(C)C(C)(C)CO. The third-order valence-electron chi connectivity index (χ3n) is 3.05. The van der Waals surface area contributed by atoms with Crippen LogP contribution in [0.15, 0.2) is 23.1 Å². The van der Waals surface area contributed by atoms with Crippen molar-refractivity contribution in [1.29, 1.82) is 0 Å². The molecule has 0 heterocycles. The van der Waals surface area contributed by atoms with Crippen LogP contribution in [0, 0.1) is 6.92 Å². The standard InChI is InChI=1S/C13H19NO2S/c1-9-5-6-10(17)7-11(9)12(16)14(4)13(2,3)8-15/h5-7,15,17H,8H2,1-4H3. The molecule has 0 fully saturated rings. The second kappa shape index (κ2) is 5.10. The fraction of sp³-hybridized carbons (Fsp3) is 0.462. The minimum Gasteiger partial charge on any atom is -0.394 e. The smallest absolute Gasteiger partial charge is 0.254 e. The van der Waals surface area contributed by atoms with E-state index in [9.17, 15) is 9.90 Å². The van der Waals surface area contributed by atoms with E-state index >= 15 is 0 Å². The van der Waals surface area contributed by atoms with Crippen molar-refractivity contribution in [1.82, 2.24) is 4.90 Å². The number of aliphatic hydroxyl groups excluding tert-OH is 1. The quantitative estimate of drug-likeness (QED) is 0.810. The second-order valence-corrected chi connectivity index (χ2v) is 5.35. The van der Waals surface area contributed by atoms with E-state index in [4.69, 9.17) is 0 Å². The lowest BCUT2D eigenvalue weighted by Crippen LogP contribution is -2.47. The third-order valence-corrected chi connectivity index (χ3v) is 3.33. The third kappa shape index (κ3) is 3.01. The first kappa shape index (κ1) is 14.1. The first-order valence-electron chi connectivity index (χ1n) is 5.48. The lowest BCUT2D eigenvalue weighted by atomic mass is 10.0. The Balaban J connectivity index is 3.08. The van der Waals surface area contributed by atoms with Gasteiger partial charge < -0.3 is 10.0 Å². The van der Waals surface area contributed by atoms with E-state index in [2.05, 4.69) is 12.6 Å². The molecule has 1 N–H and O–H groups in total. The van der Waals surface area contributed by atoms with Crippen LogP contribution in [0.2, 0.25) is 0 Å². The number of aryl methyl sites for hydroxylation is 1. The predicted molar refractivity (Wildman–Crippen MR) is 71.7 cm³/mol. The highest BCUT2D eigenvalue weighted by Gasteiger charge is 2.28. The van der Waals surface area contributed by atoms with Gasteiger partial charge in [-0.3, -0.25) is 4.79 Å². The number of aliphatic hydroxyl groups is 1. The summed E-state index contributed by atoms with van der Waals surface area (Å²) in [6.45, 7) is 5.46. The van der Waals surface area contributed by atoms with Gasteiger partial charge in [-0.1, -0.05) is 6.07 Å². The molecule has 1 rings (SSSR count). The van der Waals surface area contributed by atoms with Crippen LogP contribution >= 0.6 is 12.6 Å². The normalized spacial score (nSPS) is 11.4. The Morgan fingerprint density at radius 3 is 2.59 bits per heavy atom. The Kier molecular flexibility index (Phi) is 4.22. The molecule has 0 saturated heterocycles. The van der Waals surface area contributed by atoms with Crippen LogP contribution in [-0.2, 0) is 0 Å². The molecule has 3 nitrogen and oxygen atoms in total. The Bertz CT molecular complexity index is 429. The highest BCUT2D eigenvalue weighted by molar-refractivity contribution is 7.80. The molecular formula is C13H19NO2S. The molecular weight excluding hydrogens is 234 g/mol. The van der Waals surface area contributed by atoms with Crippen molar-refractivity contribution in [2.45, 2.75) is 31.2 Å². The van der Waals surface area contributed by atoms with Gasteiger partial charge in [-0.2, -0.15) is 0 Å². The lowest BCUT2D eigenvalue weighted by Gasteiger charge is -2.34. The van der Waals surface area contributed by atoms with Gasteiger partial charge in [0.15, 0.2) is 0 Å². The van der Waals surface area contributed by atoms with Gasteiger partial charge in [0.05, 0.1) is 12.1 Å². The number of carbonyl (C=O) groups is 1. The summed E-state index contributed by atoms with van der Waals surface area (Å²) in [5.74, 6) is -0.0996. The summed E-state index contributed by atoms with van der Waals surface area (Å²) in [6, 6.07) is 5.48. The van der Waals surface area contributed by atoms with E-state index in [0.29, 0.717) is 5.56 Å². The second-order valence-electron chi connectivity index (χ2n) is 4.83. The zero-order valence-corrected chi connectivity index (χ0v) is 11.6. The molecule has 0 aliphatic heterocycles. The number of hydrogen-bond acceptors (Lipinski definition) is 3. The zero-order valence-electron chi connectivity index (χ0n) is 10.7. The molecule has 1 aromatic rings. The summed E-state index contributed by atoms with van der Waals surface area (Å²) < 4.78 is 0. The topological polar surface area (TPSA) is 40.5 Å². The van der Waals surface area contributed by atoms with E-state index in [0.717, 1.165) is 10.5 Å². The average Bonchev–Trinajstić information content (AvgIpc) is 2.30. The fourth-order valence-corrected chi connectivity index (χ4v) is 1.61. The highest BCUT2D eigenvalue weighted by Crippen LogP contribution is 2.20. The maximum atomic E-state index is 12.3. The van der Waals surface area contributed by atoms with Gasteiger partial charge in [0.25, 0.3) is 5.91 Å². The van der Waals surface area contributed by atoms with Gasteiger partial charge in [0.2, 0.25) is 0 Å². The van der Waals surface area contributed by atoms with Crippen molar-refractivity contribution in [3.05, 3.63) is 29.3 Å². The zero-order chi connectivity index (χ0) is 13.2. The molecule has 0 spiro atoms. The Labute approximate surface area is 108 Å². The van der Waals surface area contributed by atoms with E-state index < -0.39 is 5.54 Å². The first-order valence-corrected chi connectivity index (χ1v) is 5.93. The molecule has 0 saturated carbocycles. The molecule has 4 heteroatoms. The predicted octanol–water partition coefficient (Wildman–Crippen LogP) is 2.13. The highest BCUT2D eigenvalue weighted by atomic mass is 32.1. The number of likely N-dealkylation sites (N-methyl/N-ethyl adjacent to an activating group) is 1. The first-order chi connectivity index (χ1) is 7.79. The Morgan fingerprint density at radius 1 is 1.47 bits per heavy atom. The van der Waals surface area contributed by atoms with Crippen LogP contribution in [0.1, 0.15) is 29.8 Å². The molecule has 17 heavy (non-hydrogen) atoms. The molecule has 0 radical (unpaired) electrons. The van der Waals surface area contributed by atoms with Gasteiger partial charge in [0, 0.05) is 17.5 Å². The Hall–Kier alpha value is -1.00. The van der Waals surface area contributed by atoms with Crippen LogP contribution in [0.5, 0.6) is 0 Å². The number of nitrogens with zero attached hydrogens (tertiary/aromatic N) is 1. The summed E-state index contributed by atoms with van der Waals surface area (Å²) >= 11 is 4.24. The van der Waals surface area contributed by atoms with Crippen molar-refractivity contribution in [2.24, 2.45) is 0 Å². The monoisotopic (exact) mass is 253 g/mol. The van der Waals surface area contributed by atoms with E-state index in [1.807, 2.05) is 32.9 Å². The van der Waals surface area contributed by atoms with Crippen molar-refractivity contribution in [2.75, 3.05) is 13.7 Å². The van der Waals surface area contributed by atoms with Crippen LogP contribution in [-0.4, -0.2) is 35.1 Å². The molecule has 0 atom stereocenters. The fourth-order valence-electron chi connectivity index (χ4n) is 1.40. The number of hydrogen-bond donors (Lipinski definition) is 2. The molecule has 1 aromatic carbocycles. The minimum atomic E-state index is -0.573. The van der Waals surface area contributed by atoms with E-state index in [-0.39, 0.29) is 12.5 Å². The summed E-state index contributed by atoms with van der Waals surface area (Å²) in [5.41, 5.74) is 0.964. The molecule has 0 unspecified atom stereocenters. The summed E-state index contributed by atoms with van der Waals surface area (Å²) in [7, 11) is 1.70. The number of rotatable bonds is 3. The van der Waals surface area contributed by atoms with Crippen LogP contribution in [0.25, 0.3) is 0 Å². The lowest BCUT2D eigenvalue weighted by molar-refractivity contribution is 0.0472. The summed E-state index contributed by atoms with van der Waals surface area (Å²) in [4.78, 5) is 14.6. The summed E-state index contributed by atoms with van der Waals surface area (Å²) in [6.07, 6.45) is 0. The number of carbonyl (C=O) groups excluding carboxylic acids is 1. The average molecular weight is 253 g/mol. The molecule has 0 bridgehead atoms. The molecule has 0 aliphatic rings. The van der Waals surface area contributed by atoms with Crippen LogP contribution in [0.4, 0.5) is 0 Å². The molecule has 1 amide bonds. The Morgan fingerprint density at radius 2 is 2.06 bits per heavy atom. The van der Waals surface area contributed by atoms with Gasteiger partial charge in [-0.15, -0.1) is 12.6 Å². The van der Waals surface area contributed by atoms with Gasteiger partial charge in [-0.25, -0.2) is 0 Å². The maximum absolute atomic E-state index is 12.3. The molecule has 0 aliphatic carbocycles. The van der Waals surface area contributed by atoms with Gasteiger partial charge in [0.1, 0.15) is 0 Å². The van der Waals surface area contributed by atoms with Gasteiger partial charge >= 0.3 is 0 Å². The van der Waals surface area contributed by atoms with E-state index in [1.165, 1.54) is 0 Å². The van der Waals surface area contributed by atoms with Crippen molar-refractivity contribution in [3.63, 3.8) is 0 Å². The number of amides is 1. The van der Waals surface area contributed by atoms with E-state index in [1.54, 1.807) is 18.0 Å². The molecule has 0 aromatic heterocycles. The van der Waals surface area contributed by atoms with Crippen molar-refractivity contribution in [3.8, 4) is 0 Å². The van der Waals surface area contributed by atoms with Crippen LogP contribution in [0.3, 0.4) is 0 Å². The van der Waals surface area contributed by atoms with Crippen molar-refractivity contribution < 1.29 is 9.90 Å². The largest absolute Gasteiger partial charge is 0.394 e. The summed E-state index contributed by atoms with van der Waals surface area (Å²) in [5, 5.41) is 9.28.